The van der Waals surface area contributed by atoms with Crippen LogP contribution in [0.15, 0.2) is 12.1 Å². The van der Waals surface area contributed by atoms with E-state index >= 15 is 0 Å². The van der Waals surface area contributed by atoms with Crippen molar-refractivity contribution in [3.63, 3.8) is 0 Å². The Hall–Kier alpha value is -1.13. The number of nitrogens with one attached hydrogen (secondary N) is 1. The first-order valence-corrected chi connectivity index (χ1v) is 7.80. The molecule has 0 aliphatic carbocycles. The van der Waals surface area contributed by atoms with Crippen molar-refractivity contribution < 1.29 is 9.18 Å². The molecule has 5 heteroatoms. The number of carbonyl (C=O) groups is 1. The van der Waals surface area contributed by atoms with Gasteiger partial charge in [0.1, 0.15) is 5.82 Å². The summed E-state index contributed by atoms with van der Waals surface area (Å²) in [6.07, 6.45) is 3.19. The van der Waals surface area contributed by atoms with Crippen LogP contribution in [-0.4, -0.2) is 37.5 Å². The third kappa shape index (κ3) is 3.95. The fraction of sp³-hybridized carbons (Fsp3) is 0.562. The van der Waals surface area contributed by atoms with Crippen LogP contribution in [0.2, 0.25) is 5.02 Å². The van der Waals surface area contributed by atoms with Crippen LogP contribution in [0.25, 0.3) is 0 Å². The Kier molecular flexibility index (Phi) is 5.59. The number of hydrogen-bond donors (Lipinski definition) is 1. The number of piperidine rings is 1. The number of hydrogen-bond acceptors (Lipinski definition) is 2. The van der Waals surface area contributed by atoms with Gasteiger partial charge in [0.15, 0.2) is 0 Å². The first-order valence-electron chi connectivity index (χ1n) is 7.42. The molecule has 1 saturated heterocycles. The molecule has 1 fully saturated rings. The zero-order valence-electron chi connectivity index (χ0n) is 12.6. The van der Waals surface area contributed by atoms with Crippen LogP contribution < -0.4 is 5.32 Å². The molecule has 1 aromatic rings. The van der Waals surface area contributed by atoms with Crippen molar-refractivity contribution in [2.75, 3.05) is 26.7 Å². The van der Waals surface area contributed by atoms with Crippen LogP contribution in [0.1, 0.15) is 35.2 Å². The Bertz CT molecular complexity index is 513. The van der Waals surface area contributed by atoms with Crippen molar-refractivity contribution in [1.82, 2.24) is 10.2 Å². The zero-order chi connectivity index (χ0) is 15.4. The van der Waals surface area contributed by atoms with Gasteiger partial charge in [0, 0.05) is 13.1 Å². The second-order valence-electron chi connectivity index (χ2n) is 5.71. The van der Waals surface area contributed by atoms with Crippen molar-refractivity contribution in [2.24, 2.45) is 5.92 Å². The van der Waals surface area contributed by atoms with Crippen LogP contribution in [0, 0.1) is 18.7 Å². The molecule has 0 bridgehead atoms. The average Bonchev–Trinajstić information content (AvgIpc) is 2.48. The first kappa shape index (κ1) is 16.2. The Morgan fingerprint density at radius 2 is 2.10 bits per heavy atom. The van der Waals surface area contributed by atoms with E-state index in [1.807, 2.05) is 11.9 Å². The number of rotatable bonds is 4. The number of benzene rings is 1. The van der Waals surface area contributed by atoms with Crippen LogP contribution in [0.4, 0.5) is 4.39 Å². The summed E-state index contributed by atoms with van der Waals surface area (Å²) in [4.78, 5) is 14.3. The molecule has 1 N–H and O–H groups in total. The van der Waals surface area contributed by atoms with Crippen LogP contribution in [-0.2, 0) is 0 Å². The molecule has 2 rings (SSSR count). The number of amides is 1. The van der Waals surface area contributed by atoms with Gasteiger partial charge in [-0.3, -0.25) is 4.79 Å². The number of aryl methyl sites for hydroxylation is 1. The summed E-state index contributed by atoms with van der Waals surface area (Å²) in [5.74, 6) is 0.212. The molecular weight excluding hydrogens is 291 g/mol. The van der Waals surface area contributed by atoms with E-state index in [9.17, 15) is 9.18 Å². The summed E-state index contributed by atoms with van der Waals surface area (Å²) >= 11 is 6.02. The standard InChI is InChI=1S/C16H22ClFN2O/c1-11-9-13(14(17)10-15(11)18)16(21)20-7-4-12(5-8-20)3-6-19-2/h9-10,12,19H,3-8H2,1-2H3. The second kappa shape index (κ2) is 7.23. The smallest absolute Gasteiger partial charge is 0.255 e. The molecule has 0 atom stereocenters. The normalized spacial score (nSPS) is 16.3. The summed E-state index contributed by atoms with van der Waals surface area (Å²) in [6.45, 7) is 4.16. The van der Waals surface area contributed by atoms with Gasteiger partial charge in [0.2, 0.25) is 0 Å². The molecule has 1 heterocycles. The highest BCUT2D eigenvalue weighted by molar-refractivity contribution is 6.33. The molecular formula is C16H22ClFN2O. The number of carbonyl (C=O) groups excluding carboxylic acids is 1. The van der Waals surface area contributed by atoms with E-state index < -0.39 is 0 Å². The number of nitrogens with zero attached hydrogens (tertiary/aromatic N) is 1. The maximum atomic E-state index is 13.4. The van der Waals surface area contributed by atoms with Gasteiger partial charge in [0.05, 0.1) is 10.6 Å². The van der Waals surface area contributed by atoms with Gasteiger partial charge in [-0.25, -0.2) is 4.39 Å². The van der Waals surface area contributed by atoms with Crippen LogP contribution in [0.3, 0.4) is 0 Å². The SMILES string of the molecule is CNCCC1CCN(C(=O)c2cc(C)c(F)cc2Cl)CC1. The molecule has 0 saturated carbocycles. The van der Waals surface area contributed by atoms with E-state index in [2.05, 4.69) is 5.32 Å². The fourth-order valence-electron chi connectivity index (χ4n) is 2.76. The molecule has 116 valence electrons. The van der Waals surface area contributed by atoms with E-state index in [-0.39, 0.29) is 16.7 Å². The molecule has 0 unspecified atom stereocenters. The van der Waals surface area contributed by atoms with Crippen molar-refractivity contribution in [2.45, 2.75) is 26.2 Å². The predicted octanol–water partition coefficient (Wildman–Crippen LogP) is 3.25. The number of likely N-dealkylation sites (tertiary alicyclic amines) is 1. The minimum Gasteiger partial charge on any atom is -0.339 e. The van der Waals surface area contributed by atoms with E-state index in [0.29, 0.717) is 17.0 Å². The summed E-state index contributed by atoms with van der Waals surface area (Å²) in [5, 5.41) is 3.36. The van der Waals surface area contributed by atoms with Crippen molar-refractivity contribution >= 4 is 17.5 Å². The fourth-order valence-corrected chi connectivity index (χ4v) is 3.00. The highest BCUT2D eigenvalue weighted by atomic mass is 35.5. The lowest BCUT2D eigenvalue weighted by molar-refractivity contribution is 0.0687. The minimum atomic E-state index is -0.373. The maximum absolute atomic E-state index is 13.4. The second-order valence-corrected chi connectivity index (χ2v) is 6.12. The molecule has 1 aliphatic heterocycles. The van der Waals surface area contributed by atoms with Gasteiger partial charge in [-0.2, -0.15) is 0 Å². The van der Waals surface area contributed by atoms with Crippen molar-refractivity contribution in [1.29, 1.82) is 0 Å². The lowest BCUT2D eigenvalue weighted by Gasteiger charge is -2.32. The quantitative estimate of drug-likeness (QED) is 0.925. The molecule has 1 amide bonds. The summed E-state index contributed by atoms with van der Waals surface area (Å²) in [7, 11) is 1.96. The maximum Gasteiger partial charge on any atom is 0.255 e. The van der Waals surface area contributed by atoms with Gasteiger partial charge in [0.25, 0.3) is 5.91 Å². The summed E-state index contributed by atoms with van der Waals surface area (Å²) < 4.78 is 13.4. The molecule has 3 nitrogen and oxygen atoms in total. The lowest BCUT2D eigenvalue weighted by Crippen LogP contribution is -2.39. The first-order chi connectivity index (χ1) is 10.0. The molecule has 0 radical (unpaired) electrons. The van der Waals surface area contributed by atoms with Gasteiger partial charge in [-0.1, -0.05) is 11.6 Å². The number of halogens is 2. The highest BCUT2D eigenvalue weighted by Gasteiger charge is 2.25. The largest absolute Gasteiger partial charge is 0.339 e. The van der Waals surface area contributed by atoms with E-state index in [4.69, 9.17) is 11.6 Å². The van der Waals surface area contributed by atoms with E-state index in [1.165, 1.54) is 6.07 Å². The van der Waals surface area contributed by atoms with Gasteiger partial charge in [-0.15, -0.1) is 0 Å². The van der Waals surface area contributed by atoms with Crippen molar-refractivity contribution in [3.8, 4) is 0 Å². The zero-order valence-corrected chi connectivity index (χ0v) is 13.3. The Labute approximate surface area is 130 Å². The average molecular weight is 313 g/mol. The molecule has 21 heavy (non-hydrogen) atoms. The molecule has 0 spiro atoms. The highest BCUT2D eigenvalue weighted by Crippen LogP contribution is 2.25. The Morgan fingerprint density at radius 3 is 2.71 bits per heavy atom. The van der Waals surface area contributed by atoms with Gasteiger partial charge >= 0.3 is 0 Å². The molecule has 1 aliphatic rings. The minimum absolute atomic E-state index is 0.0878. The summed E-state index contributed by atoms with van der Waals surface area (Å²) in [6, 6.07) is 2.77. The monoisotopic (exact) mass is 312 g/mol. The van der Waals surface area contributed by atoms with Crippen molar-refractivity contribution in [3.05, 3.63) is 34.1 Å². The Morgan fingerprint density at radius 1 is 1.43 bits per heavy atom. The molecule has 1 aromatic carbocycles. The predicted molar refractivity (Wildman–Crippen MR) is 83.3 cm³/mol. The van der Waals surface area contributed by atoms with Crippen LogP contribution in [0.5, 0.6) is 0 Å². The van der Waals surface area contributed by atoms with Gasteiger partial charge in [-0.05, 0) is 63.4 Å². The third-order valence-corrected chi connectivity index (χ3v) is 4.50. The topological polar surface area (TPSA) is 32.3 Å². The molecule has 0 aromatic heterocycles. The third-order valence-electron chi connectivity index (χ3n) is 4.18. The van der Waals surface area contributed by atoms with E-state index in [1.54, 1.807) is 13.0 Å². The van der Waals surface area contributed by atoms with Gasteiger partial charge < -0.3 is 10.2 Å². The lowest BCUT2D eigenvalue weighted by atomic mass is 9.93. The summed E-state index contributed by atoms with van der Waals surface area (Å²) in [5.41, 5.74) is 0.857. The van der Waals surface area contributed by atoms with Crippen LogP contribution >= 0.6 is 11.6 Å². The van der Waals surface area contributed by atoms with E-state index in [0.717, 1.165) is 38.9 Å². The Balaban J connectivity index is 2.00.